The predicted octanol–water partition coefficient (Wildman–Crippen LogP) is 3.39. The topological polar surface area (TPSA) is 20.3 Å². The Balaban J connectivity index is 2.29. The molecule has 0 radical (unpaired) electrons. The molecule has 98 valence electrons. The van der Waals surface area contributed by atoms with Gasteiger partial charge in [-0.15, -0.1) is 0 Å². The van der Waals surface area contributed by atoms with Crippen LogP contribution in [0.4, 0.5) is 0 Å². The Bertz CT molecular complexity index is 415. The molecule has 1 saturated carbocycles. The summed E-state index contributed by atoms with van der Waals surface area (Å²) >= 11 is 3.48. The Morgan fingerprint density at radius 3 is 2.22 bits per heavy atom. The smallest absolute Gasteiger partial charge is 0.132 e. The Morgan fingerprint density at radius 2 is 1.72 bits per heavy atom. The number of ketones is 1. The van der Waals surface area contributed by atoms with Crippen molar-refractivity contribution >= 4 is 21.7 Å². The van der Waals surface area contributed by atoms with Gasteiger partial charge in [-0.1, -0.05) is 28.1 Å². The molecular weight excluding hydrogens is 290 g/mol. The lowest BCUT2D eigenvalue weighted by atomic mass is 9.69. The minimum atomic E-state index is 0.151. The number of likely N-dealkylation sites (N-methyl/N-ethyl adjacent to an activating group) is 1. The molecule has 3 heteroatoms. The molecule has 0 aromatic heterocycles. The summed E-state index contributed by atoms with van der Waals surface area (Å²) in [6.45, 7) is 1.02. The lowest BCUT2D eigenvalue weighted by Gasteiger charge is -2.39. The highest BCUT2D eigenvalue weighted by Gasteiger charge is 2.36. The molecule has 1 fully saturated rings. The van der Waals surface area contributed by atoms with Gasteiger partial charge in [0.05, 0.1) is 0 Å². The first kappa shape index (κ1) is 13.8. The van der Waals surface area contributed by atoms with Crippen molar-refractivity contribution in [3.8, 4) is 0 Å². The lowest BCUT2D eigenvalue weighted by molar-refractivity contribution is -0.121. The van der Waals surface area contributed by atoms with Crippen LogP contribution < -0.4 is 0 Å². The van der Waals surface area contributed by atoms with Gasteiger partial charge in [0, 0.05) is 29.3 Å². The molecule has 1 aliphatic carbocycles. The van der Waals surface area contributed by atoms with Gasteiger partial charge < -0.3 is 4.90 Å². The number of rotatable bonds is 3. The fourth-order valence-corrected chi connectivity index (χ4v) is 3.22. The average molecular weight is 310 g/mol. The molecule has 0 atom stereocenters. The van der Waals surface area contributed by atoms with Crippen molar-refractivity contribution in [3.05, 3.63) is 34.3 Å². The second-order valence-electron chi connectivity index (χ2n) is 5.56. The van der Waals surface area contributed by atoms with Crippen LogP contribution in [0.1, 0.15) is 31.2 Å². The second-order valence-corrected chi connectivity index (χ2v) is 6.48. The molecular formula is C15H20BrNO. The van der Waals surface area contributed by atoms with E-state index in [-0.39, 0.29) is 5.41 Å². The van der Waals surface area contributed by atoms with E-state index in [1.165, 1.54) is 5.56 Å². The van der Waals surface area contributed by atoms with Crippen molar-refractivity contribution in [1.82, 2.24) is 4.90 Å². The number of carbonyl (C=O) groups is 1. The van der Waals surface area contributed by atoms with Crippen molar-refractivity contribution < 1.29 is 4.79 Å². The van der Waals surface area contributed by atoms with Gasteiger partial charge in [0.1, 0.15) is 5.78 Å². The summed E-state index contributed by atoms with van der Waals surface area (Å²) in [6.07, 6.45) is 3.41. The second kappa shape index (κ2) is 5.54. The van der Waals surface area contributed by atoms with E-state index in [2.05, 4.69) is 59.2 Å². The van der Waals surface area contributed by atoms with E-state index >= 15 is 0 Å². The normalized spacial score (nSPS) is 19.2. The SMILES string of the molecule is CN(C)CC1(c2ccc(Br)cc2)CCC(=O)CC1. The number of carbonyl (C=O) groups excluding carboxylic acids is 1. The van der Waals surface area contributed by atoms with Crippen LogP contribution in [0, 0.1) is 0 Å². The number of hydrogen-bond acceptors (Lipinski definition) is 2. The zero-order chi connectivity index (χ0) is 13.2. The number of Topliss-reactive ketones (excluding diaryl/α,β-unsaturated/α-hetero) is 1. The first-order valence-corrected chi connectivity index (χ1v) is 7.24. The summed E-state index contributed by atoms with van der Waals surface area (Å²) in [5, 5.41) is 0. The third kappa shape index (κ3) is 3.01. The first-order chi connectivity index (χ1) is 8.52. The van der Waals surface area contributed by atoms with E-state index in [0.717, 1.165) is 36.7 Å². The molecule has 2 nitrogen and oxygen atoms in total. The van der Waals surface area contributed by atoms with Crippen LogP contribution in [0.25, 0.3) is 0 Å². The van der Waals surface area contributed by atoms with Gasteiger partial charge in [-0.3, -0.25) is 4.79 Å². The molecule has 1 aromatic carbocycles. The van der Waals surface area contributed by atoms with Crippen molar-refractivity contribution in [2.75, 3.05) is 20.6 Å². The van der Waals surface area contributed by atoms with Crippen molar-refractivity contribution in [3.63, 3.8) is 0 Å². The minimum Gasteiger partial charge on any atom is -0.309 e. The summed E-state index contributed by atoms with van der Waals surface area (Å²) in [6, 6.07) is 8.60. The Hall–Kier alpha value is -0.670. The first-order valence-electron chi connectivity index (χ1n) is 6.44. The lowest BCUT2D eigenvalue weighted by Crippen LogP contribution is -2.41. The van der Waals surface area contributed by atoms with E-state index in [0.29, 0.717) is 5.78 Å². The quantitative estimate of drug-likeness (QED) is 0.853. The average Bonchev–Trinajstić information content (AvgIpc) is 2.33. The summed E-state index contributed by atoms with van der Waals surface area (Å²) in [4.78, 5) is 13.7. The molecule has 0 spiro atoms. The maximum atomic E-state index is 11.5. The molecule has 0 bridgehead atoms. The highest BCUT2D eigenvalue weighted by atomic mass is 79.9. The van der Waals surface area contributed by atoms with Gasteiger partial charge in [-0.25, -0.2) is 0 Å². The molecule has 0 N–H and O–H groups in total. The molecule has 1 aromatic rings. The zero-order valence-corrected chi connectivity index (χ0v) is 12.7. The van der Waals surface area contributed by atoms with E-state index in [9.17, 15) is 4.79 Å². The summed E-state index contributed by atoms with van der Waals surface area (Å²) in [7, 11) is 4.22. The fraction of sp³-hybridized carbons (Fsp3) is 0.533. The summed E-state index contributed by atoms with van der Waals surface area (Å²) in [5.74, 6) is 0.418. The maximum Gasteiger partial charge on any atom is 0.132 e. The monoisotopic (exact) mass is 309 g/mol. The van der Waals surface area contributed by atoms with Gasteiger partial charge in [0.25, 0.3) is 0 Å². The van der Waals surface area contributed by atoms with Crippen molar-refractivity contribution in [2.45, 2.75) is 31.1 Å². The third-order valence-electron chi connectivity index (χ3n) is 3.84. The minimum absolute atomic E-state index is 0.151. The summed E-state index contributed by atoms with van der Waals surface area (Å²) < 4.78 is 1.11. The molecule has 0 heterocycles. The van der Waals surface area contributed by atoms with E-state index < -0.39 is 0 Å². The van der Waals surface area contributed by atoms with Crippen molar-refractivity contribution in [2.24, 2.45) is 0 Å². The third-order valence-corrected chi connectivity index (χ3v) is 4.37. The largest absolute Gasteiger partial charge is 0.309 e. The molecule has 2 rings (SSSR count). The van der Waals surface area contributed by atoms with Gasteiger partial charge >= 0.3 is 0 Å². The number of halogens is 1. The summed E-state index contributed by atoms with van der Waals surface area (Å²) in [5.41, 5.74) is 1.52. The molecule has 0 amide bonds. The molecule has 18 heavy (non-hydrogen) atoms. The van der Waals surface area contributed by atoms with Crippen LogP contribution in [-0.4, -0.2) is 31.3 Å². The van der Waals surface area contributed by atoms with Gasteiger partial charge in [0.15, 0.2) is 0 Å². The van der Waals surface area contributed by atoms with Gasteiger partial charge in [-0.05, 0) is 44.6 Å². The van der Waals surface area contributed by atoms with Gasteiger partial charge in [-0.2, -0.15) is 0 Å². The zero-order valence-electron chi connectivity index (χ0n) is 11.1. The molecule has 0 unspecified atom stereocenters. The van der Waals surface area contributed by atoms with E-state index in [1.807, 2.05) is 0 Å². The maximum absolute atomic E-state index is 11.5. The highest BCUT2D eigenvalue weighted by molar-refractivity contribution is 9.10. The van der Waals surface area contributed by atoms with Crippen LogP contribution in [0.15, 0.2) is 28.7 Å². The van der Waals surface area contributed by atoms with Crippen LogP contribution >= 0.6 is 15.9 Å². The van der Waals surface area contributed by atoms with Crippen LogP contribution in [0.3, 0.4) is 0 Å². The Morgan fingerprint density at radius 1 is 1.17 bits per heavy atom. The Labute approximate surface area is 117 Å². The highest BCUT2D eigenvalue weighted by Crippen LogP contribution is 2.39. The standard InChI is InChI=1S/C15H20BrNO/c1-17(2)11-15(9-7-14(18)8-10-15)12-3-5-13(16)6-4-12/h3-6H,7-11H2,1-2H3. The number of benzene rings is 1. The Kier molecular flexibility index (Phi) is 4.23. The van der Waals surface area contributed by atoms with Crippen LogP contribution in [-0.2, 0) is 10.2 Å². The number of hydrogen-bond donors (Lipinski definition) is 0. The van der Waals surface area contributed by atoms with Crippen molar-refractivity contribution in [1.29, 1.82) is 0 Å². The van der Waals surface area contributed by atoms with Crippen LogP contribution in [0.2, 0.25) is 0 Å². The molecule has 0 aliphatic heterocycles. The molecule has 0 saturated heterocycles. The predicted molar refractivity (Wildman–Crippen MR) is 77.8 cm³/mol. The van der Waals surface area contributed by atoms with E-state index in [1.54, 1.807) is 0 Å². The van der Waals surface area contributed by atoms with Crippen LogP contribution in [0.5, 0.6) is 0 Å². The fourth-order valence-electron chi connectivity index (χ4n) is 2.95. The van der Waals surface area contributed by atoms with E-state index in [4.69, 9.17) is 0 Å². The van der Waals surface area contributed by atoms with Gasteiger partial charge in [0.2, 0.25) is 0 Å². The number of nitrogens with zero attached hydrogens (tertiary/aromatic N) is 1. The molecule has 1 aliphatic rings.